The number of nitrogens with one attached hydrogen (secondary N) is 1. The average Bonchev–Trinajstić information content (AvgIpc) is 2.76. The summed E-state index contributed by atoms with van der Waals surface area (Å²) in [7, 11) is 0. The molecule has 31 heavy (non-hydrogen) atoms. The molecule has 0 atom stereocenters. The first-order chi connectivity index (χ1) is 14.8. The number of nitrogen functional groups attached to an aromatic ring is 1. The first-order valence-electron chi connectivity index (χ1n) is 9.29. The molecule has 2 aromatic heterocycles. The van der Waals surface area contributed by atoms with Crippen LogP contribution < -0.4 is 15.2 Å². The van der Waals surface area contributed by atoms with Gasteiger partial charge >= 0.3 is 0 Å². The van der Waals surface area contributed by atoms with E-state index in [2.05, 4.69) is 25.7 Å². The van der Waals surface area contributed by atoms with Crippen molar-refractivity contribution in [2.24, 2.45) is 5.41 Å². The summed E-state index contributed by atoms with van der Waals surface area (Å²) in [6.45, 7) is 3.64. The predicted molar refractivity (Wildman–Crippen MR) is 116 cm³/mol. The number of aromatic nitrogens is 3. The van der Waals surface area contributed by atoms with Gasteiger partial charge in [-0.15, -0.1) is 0 Å². The van der Waals surface area contributed by atoms with Crippen LogP contribution in [0.4, 0.5) is 20.4 Å². The molecule has 0 bridgehead atoms. The van der Waals surface area contributed by atoms with Gasteiger partial charge in [-0.1, -0.05) is 11.9 Å². The van der Waals surface area contributed by atoms with Crippen LogP contribution in [0.5, 0.6) is 11.6 Å². The molecule has 0 unspecified atom stereocenters. The molecule has 1 aromatic carbocycles. The molecule has 0 spiro atoms. The first kappa shape index (κ1) is 22.2. The molecule has 3 rings (SSSR count). The van der Waals surface area contributed by atoms with Crippen LogP contribution in [0.25, 0.3) is 11.3 Å². The maximum atomic E-state index is 14.6. The summed E-state index contributed by atoms with van der Waals surface area (Å²) >= 11 is 1.20. The fourth-order valence-corrected chi connectivity index (χ4v) is 3.50. The summed E-state index contributed by atoms with van der Waals surface area (Å²) in [5, 5.41) is 9.03. The number of hydrogen-bond acceptors (Lipinski definition) is 8. The van der Waals surface area contributed by atoms with Crippen LogP contribution in [0.15, 0.2) is 42.7 Å². The van der Waals surface area contributed by atoms with Gasteiger partial charge in [0.25, 0.3) is 0 Å². The third kappa shape index (κ3) is 5.58. The Morgan fingerprint density at radius 1 is 1.16 bits per heavy atom. The molecule has 0 aliphatic carbocycles. The Bertz CT molecular complexity index is 1120. The summed E-state index contributed by atoms with van der Waals surface area (Å²) in [5.41, 5.74) is 6.01. The molecule has 0 saturated heterocycles. The Labute approximate surface area is 182 Å². The quantitative estimate of drug-likeness (QED) is 0.362. The van der Waals surface area contributed by atoms with E-state index >= 15 is 0 Å². The van der Waals surface area contributed by atoms with Gasteiger partial charge in [0.1, 0.15) is 0 Å². The zero-order chi connectivity index (χ0) is 22.4. The van der Waals surface area contributed by atoms with Gasteiger partial charge in [-0.3, -0.25) is 0 Å². The third-order valence-electron chi connectivity index (χ3n) is 4.29. The van der Waals surface area contributed by atoms with Gasteiger partial charge < -0.3 is 15.2 Å². The lowest BCUT2D eigenvalue weighted by Gasteiger charge is -2.15. The van der Waals surface area contributed by atoms with E-state index in [1.807, 2.05) is 13.8 Å². The maximum absolute atomic E-state index is 14.6. The van der Waals surface area contributed by atoms with Crippen molar-refractivity contribution in [2.45, 2.75) is 20.3 Å². The predicted octanol–water partition coefficient (Wildman–Crippen LogP) is 5.19. The molecule has 0 fully saturated rings. The number of nitriles is 1. The smallest absolute Gasteiger partial charge is 0.228 e. The number of nitrogens with zero attached hydrogens (tertiary/aromatic N) is 4. The number of hydrogen-bond donors (Lipinski definition) is 2. The minimum absolute atomic E-state index is 0.0190. The molecular weight excluding hydrogens is 422 g/mol. The van der Waals surface area contributed by atoms with E-state index in [9.17, 15) is 8.78 Å². The second-order valence-corrected chi connectivity index (χ2v) is 8.09. The van der Waals surface area contributed by atoms with Crippen molar-refractivity contribution in [3.63, 3.8) is 0 Å². The summed E-state index contributed by atoms with van der Waals surface area (Å²) in [6.07, 6.45) is 3.54. The van der Waals surface area contributed by atoms with E-state index in [1.165, 1.54) is 36.5 Å². The lowest BCUT2D eigenvalue weighted by atomic mass is 9.93. The zero-order valence-corrected chi connectivity index (χ0v) is 17.7. The number of nitrogens with two attached hydrogens (primary N) is 1. The topological polar surface area (TPSA) is 110 Å². The van der Waals surface area contributed by atoms with Crippen LogP contribution in [0.2, 0.25) is 0 Å². The summed E-state index contributed by atoms with van der Waals surface area (Å²) < 4.78 is 37.5. The van der Waals surface area contributed by atoms with E-state index in [-0.39, 0.29) is 23.3 Å². The fourth-order valence-electron chi connectivity index (χ4n) is 2.48. The van der Waals surface area contributed by atoms with Crippen molar-refractivity contribution >= 4 is 23.6 Å². The highest BCUT2D eigenvalue weighted by atomic mass is 32.2. The minimum atomic E-state index is -1.15. The molecule has 3 aromatic rings. The first-order valence-corrected chi connectivity index (χ1v) is 10.3. The number of ether oxygens (including phenoxy) is 1. The molecule has 0 saturated carbocycles. The van der Waals surface area contributed by atoms with Gasteiger partial charge in [0.15, 0.2) is 11.6 Å². The summed E-state index contributed by atoms with van der Waals surface area (Å²) in [5.74, 6) is -1.88. The molecule has 0 aliphatic heterocycles. The largest absolute Gasteiger partial charge is 0.435 e. The Balaban J connectivity index is 1.76. The zero-order valence-electron chi connectivity index (χ0n) is 16.9. The van der Waals surface area contributed by atoms with Gasteiger partial charge in [-0.25, -0.2) is 19.3 Å². The second-order valence-electron chi connectivity index (χ2n) is 7.19. The molecule has 10 heteroatoms. The van der Waals surface area contributed by atoms with Gasteiger partial charge in [0.2, 0.25) is 17.6 Å². The third-order valence-corrected chi connectivity index (χ3v) is 5.06. The molecule has 0 radical (unpaired) electrons. The molecule has 3 N–H and O–H groups in total. The lowest BCUT2D eigenvalue weighted by molar-refractivity contribution is 0.408. The van der Waals surface area contributed by atoms with Gasteiger partial charge in [-0.2, -0.15) is 9.65 Å². The van der Waals surface area contributed by atoms with Crippen LogP contribution in [0.1, 0.15) is 20.3 Å². The summed E-state index contributed by atoms with van der Waals surface area (Å²) in [4.78, 5) is 12.1. The number of benzene rings is 1. The normalized spacial score (nSPS) is 11.1. The number of rotatable bonds is 8. The van der Waals surface area contributed by atoms with Crippen LogP contribution in [-0.4, -0.2) is 20.7 Å². The van der Waals surface area contributed by atoms with Gasteiger partial charge in [0, 0.05) is 18.1 Å². The Hall–Kier alpha value is -3.45. The average molecular weight is 442 g/mol. The van der Waals surface area contributed by atoms with Crippen LogP contribution >= 0.6 is 11.9 Å². The van der Waals surface area contributed by atoms with E-state index < -0.39 is 17.0 Å². The highest BCUT2D eigenvalue weighted by Crippen LogP contribution is 2.34. The van der Waals surface area contributed by atoms with Crippen molar-refractivity contribution in [3.05, 3.63) is 54.4 Å². The van der Waals surface area contributed by atoms with Gasteiger partial charge in [-0.05, 0) is 50.6 Å². The SMILES string of the molecule is CC(C)(C#N)CCSNc1ccc(Oc2ncccc2-c2ccnc(N)n2)c(F)c1F. The molecule has 160 valence electrons. The highest BCUT2D eigenvalue weighted by molar-refractivity contribution is 8.00. The number of pyridine rings is 1. The molecular formula is C21H20F2N6OS. The van der Waals surface area contributed by atoms with Crippen molar-refractivity contribution < 1.29 is 13.5 Å². The number of anilines is 2. The maximum Gasteiger partial charge on any atom is 0.228 e. The van der Waals surface area contributed by atoms with Crippen LogP contribution in [0, 0.1) is 28.4 Å². The highest BCUT2D eigenvalue weighted by Gasteiger charge is 2.19. The molecule has 7 nitrogen and oxygen atoms in total. The molecule has 0 aliphatic rings. The second kappa shape index (κ2) is 9.57. The molecule has 2 heterocycles. The van der Waals surface area contributed by atoms with Crippen molar-refractivity contribution in [3.8, 4) is 29.0 Å². The summed E-state index contributed by atoms with van der Waals surface area (Å²) in [6, 6.07) is 9.83. The van der Waals surface area contributed by atoms with E-state index in [4.69, 9.17) is 15.7 Å². The van der Waals surface area contributed by atoms with Crippen molar-refractivity contribution in [2.75, 3.05) is 16.2 Å². The van der Waals surface area contributed by atoms with Gasteiger partial charge in [0.05, 0.1) is 28.4 Å². The Morgan fingerprint density at radius 2 is 1.97 bits per heavy atom. The van der Waals surface area contributed by atoms with E-state index in [1.54, 1.807) is 18.2 Å². The lowest BCUT2D eigenvalue weighted by Crippen LogP contribution is -2.09. The van der Waals surface area contributed by atoms with Crippen LogP contribution in [-0.2, 0) is 0 Å². The van der Waals surface area contributed by atoms with E-state index in [0.717, 1.165) is 0 Å². The fraction of sp³-hybridized carbons (Fsp3) is 0.238. The Morgan fingerprint density at radius 3 is 2.71 bits per heavy atom. The molecule has 0 amide bonds. The number of halogens is 2. The monoisotopic (exact) mass is 442 g/mol. The minimum Gasteiger partial charge on any atom is -0.435 e. The standard InChI is InChI=1S/C21H20F2N6OS/c1-21(2,12-24)8-11-31-29-15-5-6-16(18(23)17(15)22)30-19-13(4-3-9-26-19)14-7-10-27-20(25)28-14/h3-7,9-10,29H,8,11H2,1-2H3,(H2,25,27,28). The van der Waals surface area contributed by atoms with Crippen molar-refractivity contribution in [1.82, 2.24) is 15.0 Å². The van der Waals surface area contributed by atoms with E-state index in [0.29, 0.717) is 23.4 Å². The Kier molecular flexibility index (Phi) is 6.87. The van der Waals surface area contributed by atoms with Crippen LogP contribution in [0.3, 0.4) is 0 Å². The van der Waals surface area contributed by atoms with Crippen molar-refractivity contribution in [1.29, 1.82) is 5.26 Å².